The third-order valence-electron chi connectivity index (χ3n) is 3.20. The number of rotatable bonds is 6. The Kier molecular flexibility index (Phi) is 5.05. The molecule has 0 aliphatic heterocycles. The van der Waals surface area contributed by atoms with E-state index in [1.165, 1.54) is 31.4 Å². The highest BCUT2D eigenvalue weighted by atomic mass is 32.2. The molecule has 0 saturated carbocycles. The maximum Gasteiger partial charge on any atom is 0.244 e. The zero-order valence-electron chi connectivity index (χ0n) is 12.7. The lowest BCUT2D eigenvalue weighted by Crippen LogP contribution is -2.48. The monoisotopic (exact) mass is 340 g/mol. The molecule has 1 aromatic carbocycles. The van der Waals surface area contributed by atoms with Crippen molar-refractivity contribution in [2.24, 2.45) is 0 Å². The third-order valence-corrected chi connectivity index (χ3v) is 4.42. The summed E-state index contributed by atoms with van der Waals surface area (Å²) in [5.41, 5.74) is -0.171. The topological polar surface area (TPSA) is 79.6 Å². The number of halogens is 1. The highest BCUT2D eigenvalue weighted by Crippen LogP contribution is 2.24. The number of sulfonamides is 1. The lowest BCUT2D eigenvalue weighted by Gasteiger charge is -2.28. The van der Waals surface area contributed by atoms with Crippen LogP contribution in [0.5, 0.6) is 0 Å². The Labute approximate surface area is 134 Å². The Hall–Kier alpha value is -2.35. The van der Waals surface area contributed by atoms with Crippen LogP contribution in [0.1, 0.15) is 12.7 Å². The number of furan rings is 1. The van der Waals surface area contributed by atoms with E-state index in [1.807, 2.05) is 0 Å². The van der Waals surface area contributed by atoms with E-state index < -0.39 is 27.8 Å². The molecule has 1 aromatic heterocycles. The van der Waals surface area contributed by atoms with E-state index in [-0.39, 0.29) is 12.2 Å². The third kappa shape index (κ3) is 4.10. The lowest BCUT2D eigenvalue weighted by atomic mass is 10.2. The van der Waals surface area contributed by atoms with Gasteiger partial charge < -0.3 is 9.73 Å². The fourth-order valence-corrected chi connectivity index (χ4v) is 3.32. The van der Waals surface area contributed by atoms with Crippen molar-refractivity contribution >= 4 is 21.6 Å². The Morgan fingerprint density at radius 2 is 2.00 bits per heavy atom. The molecule has 23 heavy (non-hydrogen) atoms. The Morgan fingerprint density at radius 3 is 2.57 bits per heavy atom. The molecule has 124 valence electrons. The van der Waals surface area contributed by atoms with Crippen LogP contribution in [0.15, 0.2) is 47.1 Å². The van der Waals surface area contributed by atoms with E-state index in [0.717, 1.165) is 16.6 Å². The molecule has 0 saturated heterocycles. The van der Waals surface area contributed by atoms with E-state index >= 15 is 0 Å². The highest BCUT2D eigenvalue weighted by molar-refractivity contribution is 7.92. The first kappa shape index (κ1) is 17.0. The standard InChI is InChI=1S/C15H17FN2O4S/c1-11(15(19)17-10-12-6-5-9-22-12)18(23(2,20)21)14-8-4-3-7-13(14)16/h3-9,11H,10H2,1-2H3,(H,17,19). The summed E-state index contributed by atoms with van der Waals surface area (Å²) in [7, 11) is -3.85. The summed E-state index contributed by atoms with van der Waals surface area (Å²) in [5, 5.41) is 2.57. The van der Waals surface area contributed by atoms with Crippen molar-refractivity contribution < 1.29 is 22.0 Å². The minimum atomic E-state index is -3.85. The van der Waals surface area contributed by atoms with Crippen molar-refractivity contribution in [1.82, 2.24) is 5.32 Å². The number of hydrogen-bond acceptors (Lipinski definition) is 4. The molecule has 8 heteroatoms. The van der Waals surface area contributed by atoms with Gasteiger partial charge in [-0.2, -0.15) is 0 Å². The van der Waals surface area contributed by atoms with Crippen molar-refractivity contribution in [2.75, 3.05) is 10.6 Å². The number of anilines is 1. The average Bonchev–Trinajstić information content (AvgIpc) is 2.99. The molecule has 2 rings (SSSR count). The molecule has 1 heterocycles. The molecule has 1 unspecified atom stereocenters. The first-order chi connectivity index (χ1) is 10.8. The minimum Gasteiger partial charge on any atom is -0.467 e. The van der Waals surface area contributed by atoms with Crippen molar-refractivity contribution in [1.29, 1.82) is 0 Å². The fraction of sp³-hybridized carbons (Fsp3) is 0.267. The molecule has 0 bridgehead atoms. The first-order valence-electron chi connectivity index (χ1n) is 6.84. The molecule has 0 aliphatic rings. The summed E-state index contributed by atoms with van der Waals surface area (Å²) in [6.45, 7) is 1.51. The molecule has 1 N–H and O–H groups in total. The van der Waals surface area contributed by atoms with Crippen molar-refractivity contribution in [2.45, 2.75) is 19.5 Å². The molecule has 1 amide bonds. The van der Waals surface area contributed by atoms with Crippen LogP contribution in [0.4, 0.5) is 10.1 Å². The Bertz CT molecular complexity index is 775. The summed E-state index contributed by atoms with van der Waals surface area (Å²) in [4.78, 5) is 12.2. The van der Waals surface area contributed by atoms with E-state index in [1.54, 1.807) is 12.1 Å². The summed E-state index contributed by atoms with van der Waals surface area (Å²) in [6.07, 6.45) is 2.39. The number of amides is 1. The van der Waals surface area contributed by atoms with Gasteiger partial charge in [0, 0.05) is 0 Å². The molecule has 0 spiro atoms. The maximum atomic E-state index is 14.0. The second-order valence-electron chi connectivity index (χ2n) is 4.98. The van der Waals surface area contributed by atoms with Gasteiger partial charge in [-0.25, -0.2) is 12.8 Å². The normalized spacial score (nSPS) is 12.7. The molecule has 1 atom stereocenters. The summed E-state index contributed by atoms with van der Waals surface area (Å²) in [5.74, 6) is -0.749. The summed E-state index contributed by atoms with van der Waals surface area (Å²) < 4.78 is 43.8. The number of hydrogen-bond donors (Lipinski definition) is 1. The zero-order chi connectivity index (χ0) is 17.0. The molecule has 0 fully saturated rings. The Morgan fingerprint density at radius 1 is 1.30 bits per heavy atom. The first-order valence-corrected chi connectivity index (χ1v) is 8.69. The number of nitrogens with one attached hydrogen (secondary N) is 1. The van der Waals surface area contributed by atoms with Crippen LogP contribution in [0, 0.1) is 5.82 Å². The van der Waals surface area contributed by atoms with E-state index in [2.05, 4.69) is 5.32 Å². The number of nitrogens with zero attached hydrogens (tertiary/aromatic N) is 1. The van der Waals surface area contributed by atoms with Crippen molar-refractivity contribution in [3.63, 3.8) is 0 Å². The van der Waals surface area contributed by atoms with Gasteiger partial charge in [-0.15, -0.1) is 0 Å². The predicted octanol–water partition coefficient (Wildman–Crippen LogP) is 1.89. The van der Waals surface area contributed by atoms with Gasteiger partial charge >= 0.3 is 0 Å². The molecule has 6 nitrogen and oxygen atoms in total. The van der Waals surface area contributed by atoms with Gasteiger partial charge in [0.1, 0.15) is 17.6 Å². The van der Waals surface area contributed by atoms with Gasteiger partial charge in [0.25, 0.3) is 0 Å². The maximum absolute atomic E-state index is 14.0. The Balaban J connectivity index is 2.22. The van der Waals surface area contributed by atoms with Crippen LogP contribution >= 0.6 is 0 Å². The predicted molar refractivity (Wildman–Crippen MR) is 83.7 cm³/mol. The van der Waals surface area contributed by atoms with Crippen LogP contribution in [0.3, 0.4) is 0 Å². The molecule has 0 aliphatic carbocycles. The van der Waals surface area contributed by atoms with Gasteiger partial charge in [-0.3, -0.25) is 9.10 Å². The lowest BCUT2D eigenvalue weighted by molar-refractivity contribution is -0.122. The number of para-hydroxylation sites is 1. The number of carbonyl (C=O) groups excluding carboxylic acids is 1. The van der Waals surface area contributed by atoms with Crippen molar-refractivity contribution in [3.8, 4) is 0 Å². The largest absolute Gasteiger partial charge is 0.467 e. The van der Waals surface area contributed by atoms with Crippen molar-refractivity contribution in [3.05, 3.63) is 54.2 Å². The van der Waals surface area contributed by atoms with E-state index in [4.69, 9.17) is 4.42 Å². The smallest absolute Gasteiger partial charge is 0.244 e. The van der Waals surface area contributed by atoms with Crippen LogP contribution in [0.2, 0.25) is 0 Å². The van der Waals surface area contributed by atoms with Gasteiger partial charge in [0.05, 0.1) is 24.8 Å². The quantitative estimate of drug-likeness (QED) is 0.871. The highest BCUT2D eigenvalue weighted by Gasteiger charge is 2.30. The van der Waals surface area contributed by atoms with Gasteiger partial charge in [-0.05, 0) is 31.2 Å². The van der Waals surface area contributed by atoms with Gasteiger partial charge in [0.15, 0.2) is 0 Å². The van der Waals surface area contributed by atoms with Gasteiger partial charge in [-0.1, -0.05) is 12.1 Å². The fourth-order valence-electron chi connectivity index (χ4n) is 2.15. The van der Waals surface area contributed by atoms with E-state index in [0.29, 0.717) is 5.76 Å². The van der Waals surface area contributed by atoms with Crippen LogP contribution in [-0.2, 0) is 21.4 Å². The summed E-state index contributed by atoms with van der Waals surface area (Å²) in [6, 6.07) is 7.64. The second kappa shape index (κ2) is 6.82. The molecular weight excluding hydrogens is 323 g/mol. The molecular formula is C15H17FN2O4S. The van der Waals surface area contributed by atoms with Crippen LogP contribution in [0.25, 0.3) is 0 Å². The molecule has 2 aromatic rings. The number of carbonyl (C=O) groups is 1. The number of benzene rings is 1. The minimum absolute atomic E-state index is 0.116. The molecule has 0 radical (unpaired) electrons. The average molecular weight is 340 g/mol. The van der Waals surface area contributed by atoms with E-state index in [9.17, 15) is 17.6 Å². The van der Waals surface area contributed by atoms with Crippen LogP contribution < -0.4 is 9.62 Å². The summed E-state index contributed by atoms with van der Waals surface area (Å²) >= 11 is 0. The van der Waals surface area contributed by atoms with Gasteiger partial charge in [0.2, 0.25) is 15.9 Å². The second-order valence-corrected chi connectivity index (χ2v) is 6.84. The zero-order valence-corrected chi connectivity index (χ0v) is 13.5. The van der Waals surface area contributed by atoms with Crippen LogP contribution in [-0.4, -0.2) is 26.6 Å². The SMILES string of the molecule is CC(C(=O)NCc1ccco1)N(c1ccccc1F)S(C)(=O)=O.